The molecule has 32 heavy (non-hydrogen) atoms. The Morgan fingerprint density at radius 2 is 1.47 bits per heavy atom. The van der Waals surface area contributed by atoms with E-state index >= 15 is 0 Å². The summed E-state index contributed by atoms with van der Waals surface area (Å²) in [6, 6.07) is 19.3. The van der Waals surface area contributed by atoms with Gasteiger partial charge in [0.1, 0.15) is 5.76 Å². The van der Waals surface area contributed by atoms with E-state index in [1.54, 1.807) is 57.3 Å². The number of carbonyl (C=O) groups excluding carboxylic acids is 2. The van der Waals surface area contributed by atoms with Crippen LogP contribution >= 0.6 is 0 Å². The van der Waals surface area contributed by atoms with Gasteiger partial charge in [-0.25, -0.2) is 0 Å². The Kier molecular flexibility index (Phi) is 5.60. The van der Waals surface area contributed by atoms with Gasteiger partial charge in [0, 0.05) is 29.4 Å². The van der Waals surface area contributed by atoms with E-state index in [1.807, 2.05) is 30.3 Å². The van der Waals surface area contributed by atoms with E-state index in [9.17, 15) is 14.4 Å². The highest BCUT2D eigenvalue weighted by Gasteiger charge is 2.19. The maximum atomic E-state index is 13.2. The molecular formula is C26H22N2O4. The second kappa shape index (κ2) is 8.51. The number of para-hydroxylation sites is 1. The van der Waals surface area contributed by atoms with Gasteiger partial charge in [0.25, 0.3) is 11.8 Å². The van der Waals surface area contributed by atoms with E-state index in [2.05, 4.69) is 10.6 Å². The zero-order valence-electron chi connectivity index (χ0n) is 18.0. The van der Waals surface area contributed by atoms with Crippen LogP contribution in [0.1, 0.15) is 31.8 Å². The molecule has 6 heteroatoms. The van der Waals surface area contributed by atoms with Gasteiger partial charge in [-0.05, 0) is 43.7 Å². The van der Waals surface area contributed by atoms with Crippen molar-refractivity contribution >= 4 is 28.5 Å². The molecule has 0 aliphatic rings. The van der Waals surface area contributed by atoms with Gasteiger partial charge in [0.05, 0.1) is 10.9 Å². The summed E-state index contributed by atoms with van der Waals surface area (Å²) in [5.74, 6) is -0.238. The van der Waals surface area contributed by atoms with Gasteiger partial charge in [-0.15, -0.1) is 0 Å². The van der Waals surface area contributed by atoms with Crippen molar-refractivity contribution in [1.82, 2.24) is 5.32 Å². The fourth-order valence-corrected chi connectivity index (χ4v) is 3.69. The number of rotatable bonds is 4. The zero-order chi connectivity index (χ0) is 22.8. The van der Waals surface area contributed by atoms with Crippen LogP contribution in [-0.2, 0) is 0 Å². The summed E-state index contributed by atoms with van der Waals surface area (Å²) in [5, 5.41) is 5.78. The Morgan fingerprint density at radius 3 is 2.19 bits per heavy atom. The molecule has 0 saturated heterocycles. The molecule has 0 fully saturated rings. The van der Waals surface area contributed by atoms with Crippen LogP contribution < -0.4 is 16.1 Å². The van der Waals surface area contributed by atoms with Crippen molar-refractivity contribution in [2.75, 3.05) is 12.4 Å². The van der Waals surface area contributed by atoms with Crippen molar-refractivity contribution < 1.29 is 14.0 Å². The number of benzene rings is 3. The standard InChI is InChI=1S/C26H22N2O4/c1-15-18(25(30)27-3)11-8-14-21(15)28-26(31)20-13-7-12-19-22(29)16(2)23(32-24(19)20)17-9-5-4-6-10-17/h4-14H,1-3H3,(H,27,30)(H,28,31). The summed E-state index contributed by atoms with van der Waals surface area (Å²) >= 11 is 0. The molecule has 2 N–H and O–H groups in total. The molecule has 1 heterocycles. The van der Waals surface area contributed by atoms with E-state index in [0.717, 1.165) is 5.56 Å². The normalized spacial score (nSPS) is 10.7. The molecule has 6 nitrogen and oxygen atoms in total. The minimum Gasteiger partial charge on any atom is -0.455 e. The van der Waals surface area contributed by atoms with Gasteiger partial charge < -0.3 is 15.1 Å². The second-order valence-corrected chi connectivity index (χ2v) is 7.44. The van der Waals surface area contributed by atoms with Gasteiger partial charge >= 0.3 is 0 Å². The van der Waals surface area contributed by atoms with Crippen LogP contribution in [0, 0.1) is 13.8 Å². The Balaban J connectivity index is 1.82. The summed E-state index contributed by atoms with van der Waals surface area (Å²) in [7, 11) is 1.55. The fraction of sp³-hybridized carbons (Fsp3) is 0.115. The molecule has 0 aliphatic heterocycles. The largest absolute Gasteiger partial charge is 0.455 e. The van der Waals surface area contributed by atoms with E-state index < -0.39 is 5.91 Å². The average molecular weight is 426 g/mol. The van der Waals surface area contributed by atoms with Crippen LogP contribution in [-0.4, -0.2) is 18.9 Å². The van der Waals surface area contributed by atoms with Gasteiger partial charge in [-0.2, -0.15) is 0 Å². The van der Waals surface area contributed by atoms with Crippen molar-refractivity contribution in [3.8, 4) is 11.3 Å². The van der Waals surface area contributed by atoms with Crippen molar-refractivity contribution in [2.24, 2.45) is 0 Å². The van der Waals surface area contributed by atoms with E-state index in [-0.39, 0.29) is 22.5 Å². The zero-order valence-corrected chi connectivity index (χ0v) is 18.0. The maximum absolute atomic E-state index is 13.2. The SMILES string of the molecule is CNC(=O)c1cccc(NC(=O)c2cccc3c(=O)c(C)c(-c4ccccc4)oc23)c1C. The number of carbonyl (C=O) groups is 2. The van der Waals surface area contributed by atoms with Crippen LogP contribution in [0.5, 0.6) is 0 Å². The quantitative estimate of drug-likeness (QED) is 0.496. The number of hydrogen-bond donors (Lipinski definition) is 2. The molecule has 4 aromatic rings. The number of fused-ring (bicyclic) bond motifs is 1. The van der Waals surface area contributed by atoms with Crippen LogP contribution in [0.2, 0.25) is 0 Å². The smallest absolute Gasteiger partial charge is 0.259 e. The van der Waals surface area contributed by atoms with Crippen molar-refractivity contribution in [2.45, 2.75) is 13.8 Å². The molecule has 0 saturated carbocycles. The van der Waals surface area contributed by atoms with Gasteiger partial charge in [-0.1, -0.05) is 42.5 Å². The third kappa shape index (κ3) is 3.67. The molecule has 1 aromatic heterocycles. The van der Waals surface area contributed by atoms with E-state index in [4.69, 9.17) is 4.42 Å². The van der Waals surface area contributed by atoms with Crippen LogP contribution in [0.3, 0.4) is 0 Å². The molecule has 160 valence electrons. The third-order valence-corrected chi connectivity index (χ3v) is 5.48. The topological polar surface area (TPSA) is 88.4 Å². The predicted octanol–water partition coefficient (Wildman–Crippen LogP) is 4.69. The minimum absolute atomic E-state index is 0.183. The molecule has 0 aliphatic carbocycles. The summed E-state index contributed by atoms with van der Waals surface area (Å²) in [6.07, 6.45) is 0. The molecule has 0 unspecified atom stereocenters. The highest BCUT2D eigenvalue weighted by Crippen LogP contribution is 2.28. The number of nitrogens with one attached hydrogen (secondary N) is 2. The highest BCUT2D eigenvalue weighted by atomic mass is 16.3. The first-order valence-corrected chi connectivity index (χ1v) is 10.2. The molecule has 3 aromatic carbocycles. The van der Waals surface area contributed by atoms with Gasteiger partial charge in [-0.3, -0.25) is 14.4 Å². The minimum atomic E-state index is -0.432. The Hall–Kier alpha value is -4.19. The lowest BCUT2D eigenvalue weighted by molar-refractivity contribution is 0.0960. The monoisotopic (exact) mass is 426 g/mol. The Labute approximate surface area is 184 Å². The molecule has 0 atom stereocenters. The predicted molar refractivity (Wildman–Crippen MR) is 125 cm³/mol. The summed E-state index contributed by atoms with van der Waals surface area (Å²) in [5.41, 5.74) is 3.13. The Bertz CT molecular complexity index is 1410. The number of hydrogen-bond acceptors (Lipinski definition) is 4. The molecule has 0 bridgehead atoms. The lowest BCUT2D eigenvalue weighted by Crippen LogP contribution is -2.20. The molecule has 0 spiro atoms. The second-order valence-electron chi connectivity index (χ2n) is 7.44. The fourth-order valence-electron chi connectivity index (χ4n) is 3.69. The lowest BCUT2D eigenvalue weighted by Gasteiger charge is -2.13. The van der Waals surface area contributed by atoms with Gasteiger partial charge in [0.2, 0.25) is 0 Å². The van der Waals surface area contributed by atoms with E-state index in [1.165, 1.54) is 0 Å². The highest BCUT2D eigenvalue weighted by molar-refractivity contribution is 6.12. The van der Waals surface area contributed by atoms with Crippen LogP contribution in [0.15, 0.2) is 75.9 Å². The molecule has 2 amide bonds. The maximum Gasteiger partial charge on any atom is 0.259 e. The van der Waals surface area contributed by atoms with Crippen molar-refractivity contribution in [1.29, 1.82) is 0 Å². The summed E-state index contributed by atoms with van der Waals surface area (Å²) in [6.45, 7) is 3.48. The first kappa shape index (κ1) is 21.1. The van der Waals surface area contributed by atoms with Crippen molar-refractivity contribution in [3.05, 3.63) is 99.2 Å². The summed E-state index contributed by atoms with van der Waals surface area (Å²) < 4.78 is 6.13. The molecule has 0 radical (unpaired) electrons. The summed E-state index contributed by atoms with van der Waals surface area (Å²) in [4.78, 5) is 38.3. The number of anilines is 1. The first-order chi connectivity index (χ1) is 15.4. The molecular weight excluding hydrogens is 404 g/mol. The number of amides is 2. The van der Waals surface area contributed by atoms with Crippen LogP contribution in [0.4, 0.5) is 5.69 Å². The Morgan fingerprint density at radius 1 is 0.781 bits per heavy atom. The van der Waals surface area contributed by atoms with E-state index in [0.29, 0.717) is 33.5 Å². The lowest BCUT2D eigenvalue weighted by atomic mass is 10.0. The first-order valence-electron chi connectivity index (χ1n) is 10.2. The van der Waals surface area contributed by atoms with Gasteiger partial charge in [0.15, 0.2) is 11.0 Å². The van der Waals surface area contributed by atoms with Crippen LogP contribution in [0.25, 0.3) is 22.3 Å². The molecule has 4 rings (SSSR count). The third-order valence-electron chi connectivity index (χ3n) is 5.48. The van der Waals surface area contributed by atoms with Crippen molar-refractivity contribution in [3.63, 3.8) is 0 Å². The average Bonchev–Trinajstić information content (AvgIpc) is 2.82.